The number of fused-ring (bicyclic) bond motifs is 1. The summed E-state index contributed by atoms with van der Waals surface area (Å²) in [7, 11) is 0. The Morgan fingerprint density at radius 1 is 1.30 bits per heavy atom. The van der Waals surface area contributed by atoms with E-state index in [1.54, 1.807) is 18.2 Å². The van der Waals surface area contributed by atoms with E-state index in [9.17, 15) is 4.79 Å². The highest BCUT2D eigenvalue weighted by atomic mass is 16.7. The zero-order valence-electron chi connectivity index (χ0n) is 13.6. The number of carbonyl (C=O) groups is 1. The summed E-state index contributed by atoms with van der Waals surface area (Å²) in [6, 6.07) is 7.27. The number of hydrogen-bond acceptors (Lipinski definition) is 4. The van der Waals surface area contributed by atoms with Crippen LogP contribution in [0, 0.1) is 19.8 Å². The third-order valence-electron chi connectivity index (χ3n) is 3.83. The Morgan fingerprint density at radius 2 is 2.09 bits per heavy atom. The maximum atomic E-state index is 12.2. The Labute approximate surface area is 135 Å². The lowest BCUT2D eigenvalue weighted by Crippen LogP contribution is -2.30. The van der Waals surface area contributed by atoms with E-state index in [1.165, 1.54) is 0 Å². The molecule has 0 spiro atoms. The van der Waals surface area contributed by atoms with Crippen LogP contribution >= 0.6 is 0 Å². The van der Waals surface area contributed by atoms with Crippen LogP contribution < -0.4 is 14.8 Å². The molecule has 23 heavy (non-hydrogen) atoms. The molecule has 1 aliphatic heterocycles. The van der Waals surface area contributed by atoms with E-state index in [4.69, 9.17) is 9.47 Å². The maximum Gasteiger partial charge on any atom is 0.251 e. The van der Waals surface area contributed by atoms with Gasteiger partial charge in [0.2, 0.25) is 6.79 Å². The maximum absolute atomic E-state index is 12.2. The van der Waals surface area contributed by atoms with Gasteiger partial charge in [-0.25, -0.2) is 0 Å². The van der Waals surface area contributed by atoms with Crippen molar-refractivity contribution in [2.45, 2.75) is 27.3 Å². The minimum atomic E-state index is -0.108. The quantitative estimate of drug-likeness (QED) is 0.919. The number of aryl methyl sites for hydroxylation is 2. The smallest absolute Gasteiger partial charge is 0.251 e. The molecule has 0 fully saturated rings. The molecule has 6 nitrogen and oxygen atoms in total. The van der Waals surface area contributed by atoms with Crippen LogP contribution in [0.25, 0.3) is 0 Å². The van der Waals surface area contributed by atoms with Crippen molar-refractivity contribution in [2.24, 2.45) is 5.92 Å². The van der Waals surface area contributed by atoms with E-state index >= 15 is 0 Å². The van der Waals surface area contributed by atoms with Gasteiger partial charge in [-0.15, -0.1) is 0 Å². The molecule has 0 radical (unpaired) electrons. The predicted molar refractivity (Wildman–Crippen MR) is 85.8 cm³/mol. The van der Waals surface area contributed by atoms with E-state index in [-0.39, 0.29) is 18.6 Å². The summed E-state index contributed by atoms with van der Waals surface area (Å²) in [4.78, 5) is 12.2. The standard InChI is InChI=1S/C17H21N3O3/c1-11(9-20-13(3)6-12(2)19-20)8-18-17(21)14-4-5-15-16(7-14)23-10-22-15/h4-7,11H,8-10H2,1-3H3,(H,18,21). The SMILES string of the molecule is Cc1cc(C)n(CC(C)CNC(=O)c2ccc3c(c2)OCO3)n1. The second-order valence-electron chi connectivity index (χ2n) is 5.99. The Kier molecular flexibility index (Phi) is 4.23. The molecule has 1 N–H and O–H groups in total. The van der Waals surface area contributed by atoms with Gasteiger partial charge in [-0.1, -0.05) is 6.92 Å². The van der Waals surface area contributed by atoms with Gasteiger partial charge >= 0.3 is 0 Å². The van der Waals surface area contributed by atoms with Gasteiger partial charge < -0.3 is 14.8 Å². The van der Waals surface area contributed by atoms with Crippen LogP contribution in [0.15, 0.2) is 24.3 Å². The normalized spacial score (nSPS) is 13.9. The summed E-state index contributed by atoms with van der Waals surface area (Å²) in [6.45, 7) is 7.69. The lowest BCUT2D eigenvalue weighted by molar-refractivity contribution is 0.0946. The number of carbonyl (C=O) groups excluding carboxylic acids is 1. The van der Waals surface area contributed by atoms with Gasteiger partial charge in [-0.3, -0.25) is 9.48 Å². The van der Waals surface area contributed by atoms with Gasteiger partial charge in [-0.05, 0) is 44.0 Å². The molecule has 1 aromatic carbocycles. The number of nitrogens with zero attached hydrogens (tertiary/aromatic N) is 2. The first-order valence-electron chi connectivity index (χ1n) is 7.72. The minimum Gasteiger partial charge on any atom is -0.454 e. The average Bonchev–Trinajstić information content (AvgIpc) is 3.10. The van der Waals surface area contributed by atoms with E-state index in [0.29, 0.717) is 23.6 Å². The molecule has 0 saturated heterocycles. The first-order chi connectivity index (χ1) is 11.0. The molecule has 0 aliphatic carbocycles. The van der Waals surface area contributed by atoms with Crippen molar-refractivity contribution < 1.29 is 14.3 Å². The van der Waals surface area contributed by atoms with Crippen LogP contribution in [0.1, 0.15) is 28.7 Å². The summed E-state index contributed by atoms with van der Waals surface area (Å²) in [5.41, 5.74) is 2.73. The summed E-state index contributed by atoms with van der Waals surface area (Å²) in [5, 5.41) is 7.41. The monoisotopic (exact) mass is 315 g/mol. The molecule has 0 bridgehead atoms. The number of aromatic nitrogens is 2. The largest absolute Gasteiger partial charge is 0.454 e. The highest BCUT2D eigenvalue weighted by Crippen LogP contribution is 2.32. The van der Waals surface area contributed by atoms with Crippen LogP contribution in [0.5, 0.6) is 11.5 Å². The Bertz CT molecular complexity index is 724. The molecule has 1 atom stereocenters. The Balaban J connectivity index is 1.55. The highest BCUT2D eigenvalue weighted by molar-refractivity contribution is 5.94. The van der Waals surface area contributed by atoms with Gasteiger partial charge in [0, 0.05) is 24.3 Å². The molecule has 3 rings (SSSR count). The van der Waals surface area contributed by atoms with E-state index < -0.39 is 0 Å². The van der Waals surface area contributed by atoms with Crippen molar-refractivity contribution in [3.05, 3.63) is 41.2 Å². The van der Waals surface area contributed by atoms with Gasteiger partial charge in [0.1, 0.15) is 0 Å². The van der Waals surface area contributed by atoms with Crippen LogP contribution in [0.3, 0.4) is 0 Å². The average molecular weight is 315 g/mol. The lowest BCUT2D eigenvalue weighted by Gasteiger charge is -2.14. The third kappa shape index (κ3) is 3.47. The minimum absolute atomic E-state index is 0.108. The van der Waals surface area contributed by atoms with E-state index in [2.05, 4.69) is 23.4 Å². The fraction of sp³-hybridized carbons (Fsp3) is 0.412. The molecule has 2 aromatic rings. The second-order valence-corrected chi connectivity index (χ2v) is 5.99. The van der Waals surface area contributed by atoms with Crippen molar-refractivity contribution in [2.75, 3.05) is 13.3 Å². The fourth-order valence-corrected chi connectivity index (χ4v) is 2.63. The molecular weight excluding hydrogens is 294 g/mol. The molecule has 122 valence electrons. The summed E-state index contributed by atoms with van der Waals surface area (Å²) in [5.74, 6) is 1.47. The molecule has 1 amide bonds. The third-order valence-corrected chi connectivity index (χ3v) is 3.83. The van der Waals surface area contributed by atoms with Crippen LogP contribution in [-0.4, -0.2) is 29.0 Å². The fourth-order valence-electron chi connectivity index (χ4n) is 2.63. The molecule has 1 aromatic heterocycles. The van der Waals surface area contributed by atoms with Crippen LogP contribution in [0.4, 0.5) is 0 Å². The number of amides is 1. The van der Waals surface area contributed by atoms with Crippen molar-refractivity contribution in [3.63, 3.8) is 0 Å². The lowest BCUT2D eigenvalue weighted by atomic mass is 10.1. The van der Waals surface area contributed by atoms with Gasteiger partial charge in [0.15, 0.2) is 11.5 Å². The molecule has 1 aliphatic rings. The van der Waals surface area contributed by atoms with Crippen molar-refractivity contribution in [1.29, 1.82) is 0 Å². The topological polar surface area (TPSA) is 65.4 Å². The molecule has 2 heterocycles. The second kappa shape index (κ2) is 6.32. The summed E-state index contributed by atoms with van der Waals surface area (Å²) in [6.07, 6.45) is 0. The number of nitrogens with one attached hydrogen (secondary N) is 1. The first-order valence-corrected chi connectivity index (χ1v) is 7.72. The number of ether oxygens (including phenoxy) is 2. The van der Waals surface area contributed by atoms with E-state index in [1.807, 2.05) is 18.5 Å². The number of rotatable bonds is 5. The summed E-state index contributed by atoms with van der Waals surface area (Å²) < 4.78 is 12.5. The van der Waals surface area contributed by atoms with Gasteiger partial charge in [0.25, 0.3) is 5.91 Å². The zero-order chi connectivity index (χ0) is 16.4. The first kappa shape index (κ1) is 15.4. The van der Waals surface area contributed by atoms with Crippen molar-refractivity contribution in [1.82, 2.24) is 15.1 Å². The zero-order valence-corrected chi connectivity index (χ0v) is 13.6. The van der Waals surface area contributed by atoms with Gasteiger partial charge in [0.05, 0.1) is 5.69 Å². The Hall–Kier alpha value is -2.50. The van der Waals surface area contributed by atoms with Gasteiger partial charge in [-0.2, -0.15) is 5.10 Å². The molecule has 0 saturated carbocycles. The van der Waals surface area contributed by atoms with Crippen molar-refractivity contribution in [3.8, 4) is 11.5 Å². The Morgan fingerprint density at radius 3 is 2.83 bits per heavy atom. The molecular formula is C17H21N3O3. The van der Waals surface area contributed by atoms with Crippen LogP contribution in [-0.2, 0) is 6.54 Å². The van der Waals surface area contributed by atoms with Crippen molar-refractivity contribution >= 4 is 5.91 Å². The number of benzene rings is 1. The highest BCUT2D eigenvalue weighted by Gasteiger charge is 2.16. The van der Waals surface area contributed by atoms with E-state index in [0.717, 1.165) is 17.9 Å². The number of hydrogen-bond donors (Lipinski definition) is 1. The summed E-state index contributed by atoms with van der Waals surface area (Å²) >= 11 is 0. The molecule has 1 unspecified atom stereocenters. The molecule has 6 heteroatoms. The predicted octanol–water partition coefficient (Wildman–Crippen LogP) is 2.29. The van der Waals surface area contributed by atoms with Crippen LogP contribution in [0.2, 0.25) is 0 Å².